The molecular weight excluding hydrogens is 446 g/mol. The summed E-state index contributed by atoms with van der Waals surface area (Å²) in [6, 6.07) is -4.05. The van der Waals surface area contributed by atoms with E-state index in [0.717, 1.165) is 0 Å². The quantitative estimate of drug-likeness (QED) is 0.163. The summed E-state index contributed by atoms with van der Waals surface area (Å²) in [6.45, 7) is 4.45. The number of hydrogen-bond donors (Lipinski definition) is 6. The molecule has 34 heavy (non-hydrogen) atoms. The number of hydrogen-bond acceptors (Lipinski definition) is 7. The standard InChI is InChI=1S/C22H39N5O7/c1-13(2)12-16(21(32)27-11-5-7-17(27)22(33)34)26-20(31)15(8-9-18(28)29)25-19(30)14(24)6-3-4-10-23/h13-17H,3-12,23-24H2,1-2H3,(H,25,30)(H,26,31)(H,28,29)(H,33,34). The third-order valence-electron chi connectivity index (χ3n) is 5.73. The van der Waals surface area contributed by atoms with Crippen molar-refractivity contribution >= 4 is 29.7 Å². The number of nitrogens with one attached hydrogen (secondary N) is 2. The summed E-state index contributed by atoms with van der Waals surface area (Å²) in [6.07, 6.45) is 2.25. The summed E-state index contributed by atoms with van der Waals surface area (Å²) in [5, 5.41) is 23.6. The normalized spacial score (nSPS) is 18.3. The lowest BCUT2D eigenvalue weighted by Crippen LogP contribution is -2.57. The lowest BCUT2D eigenvalue weighted by Gasteiger charge is -2.29. The summed E-state index contributed by atoms with van der Waals surface area (Å²) < 4.78 is 0. The second-order valence-corrected chi connectivity index (χ2v) is 9.10. The van der Waals surface area contributed by atoms with Gasteiger partial charge in [0, 0.05) is 13.0 Å². The van der Waals surface area contributed by atoms with Gasteiger partial charge in [-0.3, -0.25) is 19.2 Å². The molecule has 1 rings (SSSR count). The fraction of sp³-hybridized carbons (Fsp3) is 0.773. The van der Waals surface area contributed by atoms with E-state index in [0.29, 0.717) is 38.6 Å². The first-order valence-electron chi connectivity index (χ1n) is 11.8. The van der Waals surface area contributed by atoms with Gasteiger partial charge < -0.3 is 37.2 Å². The Morgan fingerprint density at radius 1 is 1.00 bits per heavy atom. The predicted octanol–water partition coefficient (Wildman–Crippen LogP) is -0.601. The fourth-order valence-electron chi connectivity index (χ4n) is 3.91. The molecule has 0 aliphatic carbocycles. The molecule has 0 bridgehead atoms. The van der Waals surface area contributed by atoms with Crippen molar-refractivity contribution in [2.45, 2.75) is 89.4 Å². The van der Waals surface area contributed by atoms with Gasteiger partial charge in [0.2, 0.25) is 17.7 Å². The van der Waals surface area contributed by atoms with Crippen molar-refractivity contribution in [3.63, 3.8) is 0 Å². The predicted molar refractivity (Wildman–Crippen MR) is 123 cm³/mol. The van der Waals surface area contributed by atoms with Gasteiger partial charge in [-0.2, -0.15) is 0 Å². The molecule has 0 spiro atoms. The maximum Gasteiger partial charge on any atom is 0.326 e. The van der Waals surface area contributed by atoms with Crippen molar-refractivity contribution in [2.24, 2.45) is 17.4 Å². The third-order valence-corrected chi connectivity index (χ3v) is 5.73. The van der Waals surface area contributed by atoms with Gasteiger partial charge in [0.25, 0.3) is 0 Å². The summed E-state index contributed by atoms with van der Waals surface area (Å²) in [5.74, 6) is -4.06. The van der Waals surface area contributed by atoms with Crippen molar-refractivity contribution in [3.05, 3.63) is 0 Å². The molecule has 4 unspecified atom stereocenters. The van der Waals surface area contributed by atoms with Gasteiger partial charge in [-0.15, -0.1) is 0 Å². The van der Waals surface area contributed by atoms with Gasteiger partial charge >= 0.3 is 11.9 Å². The van der Waals surface area contributed by atoms with E-state index in [4.69, 9.17) is 16.6 Å². The Morgan fingerprint density at radius 3 is 2.21 bits per heavy atom. The van der Waals surface area contributed by atoms with Gasteiger partial charge in [0.1, 0.15) is 18.1 Å². The molecular formula is C22H39N5O7. The van der Waals surface area contributed by atoms with Crippen molar-refractivity contribution in [1.29, 1.82) is 0 Å². The van der Waals surface area contributed by atoms with E-state index in [-0.39, 0.29) is 31.7 Å². The molecule has 0 aromatic rings. The van der Waals surface area contributed by atoms with Crippen LogP contribution >= 0.6 is 0 Å². The lowest BCUT2D eigenvalue weighted by atomic mass is 10.0. The molecule has 8 N–H and O–H groups in total. The monoisotopic (exact) mass is 485 g/mol. The van der Waals surface area contributed by atoms with Gasteiger partial charge in [0.15, 0.2) is 0 Å². The van der Waals surface area contributed by atoms with Crippen LogP contribution in [0.25, 0.3) is 0 Å². The molecule has 0 aromatic carbocycles. The van der Waals surface area contributed by atoms with E-state index in [9.17, 15) is 29.1 Å². The molecule has 4 atom stereocenters. The average Bonchev–Trinajstić information content (AvgIpc) is 3.25. The molecule has 1 fully saturated rings. The number of likely N-dealkylation sites (tertiary alicyclic amines) is 1. The maximum absolute atomic E-state index is 13.1. The molecule has 12 nitrogen and oxygen atoms in total. The Hall–Kier alpha value is -2.73. The number of nitrogens with zero attached hydrogens (tertiary/aromatic N) is 1. The third kappa shape index (κ3) is 9.64. The minimum absolute atomic E-state index is 0.00293. The minimum atomic E-state index is -1.21. The second-order valence-electron chi connectivity index (χ2n) is 9.10. The fourth-order valence-corrected chi connectivity index (χ4v) is 3.91. The van der Waals surface area contributed by atoms with Crippen LogP contribution in [0, 0.1) is 5.92 Å². The Bertz CT molecular complexity index is 730. The number of carbonyl (C=O) groups excluding carboxylic acids is 3. The number of nitrogens with two attached hydrogens (primary N) is 2. The van der Waals surface area contributed by atoms with Crippen LogP contribution in [0.3, 0.4) is 0 Å². The Kier molecular flexibility index (Phi) is 12.5. The largest absolute Gasteiger partial charge is 0.481 e. The van der Waals surface area contributed by atoms with Crippen LogP contribution in [0.2, 0.25) is 0 Å². The van der Waals surface area contributed by atoms with Crippen LogP contribution in [0.4, 0.5) is 0 Å². The zero-order chi connectivity index (χ0) is 25.8. The first-order valence-corrected chi connectivity index (χ1v) is 11.8. The van der Waals surface area contributed by atoms with E-state index < -0.39 is 53.8 Å². The highest BCUT2D eigenvalue weighted by Gasteiger charge is 2.38. The smallest absolute Gasteiger partial charge is 0.326 e. The number of rotatable bonds is 15. The zero-order valence-corrected chi connectivity index (χ0v) is 20.0. The number of carboxylic acids is 2. The number of amides is 3. The molecule has 1 aliphatic rings. The molecule has 194 valence electrons. The molecule has 1 heterocycles. The van der Waals surface area contributed by atoms with Gasteiger partial charge in [-0.25, -0.2) is 4.79 Å². The first-order chi connectivity index (χ1) is 16.0. The summed E-state index contributed by atoms with van der Waals surface area (Å²) in [7, 11) is 0. The molecule has 3 amide bonds. The minimum Gasteiger partial charge on any atom is -0.481 e. The van der Waals surface area contributed by atoms with Crippen LogP contribution in [-0.4, -0.2) is 82.0 Å². The van der Waals surface area contributed by atoms with E-state index in [1.54, 1.807) is 0 Å². The van der Waals surface area contributed by atoms with E-state index in [1.165, 1.54) is 4.90 Å². The number of carboxylic acid groups (broad SMARTS) is 2. The summed E-state index contributed by atoms with van der Waals surface area (Å²) in [4.78, 5) is 62.5. The molecule has 1 saturated heterocycles. The molecule has 0 saturated carbocycles. The number of carbonyl (C=O) groups is 5. The second kappa shape index (κ2) is 14.5. The summed E-state index contributed by atoms with van der Waals surface area (Å²) in [5.41, 5.74) is 11.3. The van der Waals surface area contributed by atoms with Crippen molar-refractivity contribution in [1.82, 2.24) is 15.5 Å². The van der Waals surface area contributed by atoms with Crippen LogP contribution in [0.15, 0.2) is 0 Å². The first kappa shape index (κ1) is 29.3. The maximum atomic E-state index is 13.1. The highest BCUT2D eigenvalue weighted by Crippen LogP contribution is 2.20. The molecule has 12 heteroatoms. The van der Waals surface area contributed by atoms with Gasteiger partial charge in [-0.05, 0) is 51.0 Å². The van der Waals surface area contributed by atoms with Gasteiger partial charge in [-0.1, -0.05) is 20.3 Å². The Balaban J connectivity index is 2.96. The van der Waals surface area contributed by atoms with E-state index in [1.807, 2.05) is 13.8 Å². The Morgan fingerprint density at radius 2 is 1.65 bits per heavy atom. The van der Waals surface area contributed by atoms with Crippen molar-refractivity contribution in [2.75, 3.05) is 13.1 Å². The van der Waals surface area contributed by atoms with E-state index in [2.05, 4.69) is 10.6 Å². The van der Waals surface area contributed by atoms with Crippen LogP contribution in [0.5, 0.6) is 0 Å². The van der Waals surface area contributed by atoms with Gasteiger partial charge in [0.05, 0.1) is 6.04 Å². The summed E-state index contributed by atoms with van der Waals surface area (Å²) >= 11 is 0. The van der Waals surface area contributed by atoms with Crippen LogP contribution in [0.1, 0.15) is 65.2 Å². The lowest BCUT2D eigenvalue weighted by molar-refractivity contribution is -0.149. The van der Waals surface area contributed by atoms with Crippen LogP contribution < -0.4 is 22.1 Å². The van der Waals surface area contributed by atoms with Crippen molar-refractivity contribution in [3.8, 4) is 0 Å². The SMILES string of the molecule is CC(C)CC(NC(=O)C(CCC(=O)O)NC(=O)C(N)CCCCN)C(=O)N1CCCC1C(=O)O. The topological polar surface area (TPSA) is 205 Å². The zero-order valence-electron chi connectivity index (χ0n) is 20.0. The molecule has 1 aliphatic heterocycles. The number of aliphatic carboxylic acids is 2. The average molecular weight is 486 g/mol. The highest BCUT2D eigenvalue weighted by atomic mass is 16.4. The number of unbranched alkanes of at least 4 members (excludes halogenated alkanes) is 1. The Labute approximate surface area is 199 Å². The highest BCUT2D eigenvalue weighted by molar-refractivity contribution is 5.94. The van der Waals surface area contributed by atoms with Crippen molar-refractivity contribution < 1.29 is 34.2 Å². The van der Waals surface area contributed by atoms with Crippen LogP contribution in [-0.2, 0) is 24.0 Å². The molecule has 0 radical (unpaired) electrons. The molecule has 0 aromatic heterocycles. The van der Waals surface area contributed by atoms with E-state index >= 15 is 0 Å².